The zero-order valence-electron chi connectivity index (χ0n) is 35.3. The van der Waals surface area contributed by atoms with E-state index in [9.17, 15) is 0 Å². The minimum Gasteiger partial charge on any atom is -0.787 e. The van der Waals surface area contributed by atoms with Gasteiger partial charge in [-0.3, -0.25) is 33.9 Å². The topological polar surface area (TPSA) is 99.4 Å². The van der Waals surface area contributed by atoms with Gasteiger partial charge in [-0.05, 0) is 72.8 Å². The van der Waals surface area contributed by atoms with Crippen molar-refractivity contribution in [3.63, 3.8) is 0 Å². The van der Waals surface area contributed by atoms with E-state index in [2.05, 4.69) is 216 Å². The van der Waals surface area contributed by atoms with Crippen molar-refractivity contribution in [2.75, 3.05) is 0 Å². The van der Waals surface area contributed by atoms with Crippen LogP contribution in [0, 0.1) is 0 Å². The van der Waals surface area contributed by atoms with E-state index in [1.807, 2.05) is 45.0 Å². The summed E-state index contributed by atoms with van der Waals surface area (Å²) in [6, 6.07) is 73.1. The van der Waals surface area contributed by atoms with Crippen molar-refractivity contribution in [3.8, 4) is 0 Å². The van der Waals surface area contributed by atoms with Crippen LogP contribution < -0.4 is 36.0 Å². The SMILES string of the molecule is CC(C)(C)[S-].[CH-]=O.[CH-]=O.[CH-]=O.[CH-]=O.[CH-]=O.[Fe+3].[Fe+3].[S-]c1ccccc1[S-].c1ccc(P(=[N+]=P(c2ccccc2)(c2ccccc2)c2ccccc2)(c2ccccc2)c2ccccc2)cc1. The Labute approximate surface area is 418 Å². The average Bonchev–Trinajstić information content (AvgIpc) is 3.35. The first-order valence-corrected chi connectivity index (χ1v) is 23.0. The summed E-state index contributed by atoms with van der Waals surface area (Å²) in [6.07, 6.45) is 0. The molecule has 0 saturated carbocycles. The summed E-state index contributed by atoms with van der Waals surface area (Å²) in [5.41, 5.74) is 0. The monoisotopic (exact) mass is 1020 g/mol. The Hall–Kier alpha value is -4.71. The third kappa shape index (κ3) is 19.6. The van der Waals surface area contributed by atoms with Crippen LogP contribution in [0.25, 0.3) is 0 Å². The van der Waals surface area contributed by atoms with Crippen molar-refractivity contribution in [2.24, 2.45) is 0 Å². The normalized spacial score (nSPS) is 9.38. The summed E-state index contributed by atoms with van der Waals surface area (Å²) >= 11 is 14.5. The second-order valence-electron chi connectivity index (χ2n) is 12.9. The summed E-state index contributed by atoms with van der Waals surface area (Å²) in [5.74, 6) is 0. The maximum absolute atomic E-state index is 7.75. The molecule has 2 radical (unpaired) electrons. The maximum Gasteiger partial charge on any atom is 3.00 e. The van der Waals surface area contributed by atoms with Gasteiger partial charge in [-0.15, -0.1) is 4.17 Å². The van der Waals surface area contributed by atoms with E-state index >= 15 is 0 Å². The molecule has 0 N–H and O–H groups in total. The fraction of sp³-hybridized carbons (Fsp3) is 0.0784. The first-order chi connectivity index (χ1) is 30.1. The molecule has 64 heavy (non-hydrogen) atoms. The van der Waals surface area contributed by atoms with Crippen molar-refractivity contribution in [1.29, 1.82) is 0 Å². The smallest absolute Gasteiger partial charge is 0.787 e. The molecule has 0 unspecified atom stereocenters. The van der Waals surface area contributed by atoms with Crippen LogP contribution in [0.4, 0.5) is 0 Å². The molecule has 0 amide bonds. The van der Waals surface area contributed by atoms with Crippen LogP contribution in [0.2, 0.25) is 0 Å². The number of rotatable bonds is 6. The second-order valence-corrected chi connectivity index (χ2v) is 21.4. The van der Waals surface area contributed by atoms with Crippen LogP contribution >= 0.6 is 14.1 Å². The van der Waals surface area contributed by atoms with Crippen LogP contribution in [-0.4, -0.2) is 38.7 Å². The number of nitrogens with zero attached hydrogens (tertiary/aromatic N) is 1. The second kappa shape index (κ2) is 36.6. The summed E-state index contributed by atoms with van der Waals surface area (Å²) in [5, 5.41) is 7.55. The molecule has 0 saturated heterocycles. The zero-order valence-corrected chi connectivity index (χ0v) is 41.8. The summed E-state index contributed by atoms with van der Waals surface area (Å²) in [6.45, 7) is 22.3. The minimum absolute atomic E-state index is 0. The van der Waals surface area contributed by atoms with Gasteiger partial charge < -0.3 is 61.9 Å². The molecule has 0 heterocycles. The molecule has 0 atom stereocenters. The van der Waals surface area contributed by atoms with Gasteiger partial charge in [0.2, 0.25) is 0 Å². The van der Waals surface area contributed by atoms with Crippen molar-refractivity contribution >= 4 is 118 Å². The molecule has 332 valence electrons. The fourth-order valence-electron chi connectivity index (χ4n) is 5.72. The molecular formula is C51H48Fe2NO5P2S3-. The minimum atomic E-state index is -2.50. The molecule has 0 aliphatic carbocycles. The molecule has 7 aromatic rings. The first-order valence-electron chi connectivity index (χ1n) is 18.3. The molecule has 7 aromatic carbocycles. The van der Waals surface area contributed by atoms with Gasteiger partial charge in [0.25, 0.3) is 0 Å². The molecule has 0 aliphatic heterocycles. The molecule has 0 fully saturated rings. The molecule has 0 spiro atoms. The Morgan fingerprint density at radius 1 is 0.328 bits per heavy atom. The van der Waals surface area contributed by atoms with Gasteiger partial charge in [-0.25, -0.2) is 0 Å². The summed E-state index contributed by atoms with van der Waals surface area (Å²) in [4.78, 5) is 40.3. The van der Waals surface area contributed by atoms with E-state index in [4.69, 9.17) is 66.0 Å². The van der Waals surface area contributed by atoms with Crippen LogP contribution in [0.3, 0.4) is 0 Å². The number of hydrogen-bond donors (Lipinski definition) is 0. The van der Waals surface area contributed by atoms with Crippen molar-refractivity contribution in [2.45, 2.75) is 35.3 Å². The van der Waals surface area contributed by atoms with E-state index in [0.717, 1.165) is 9.79 Å². The predicted molar refractivity (Wildman–Crippen MR) is 271 cm³/mol. The third-order valence-electron chi connectivity index (χ3n) is 7.90. The van der Waals surface area contributed by atoms with E-state index < -0.39 is 14.1 Å². The standard InChI is InChI=1S/C36H30NP2.C6H6S2.C4H10S.5CHO.2Fe/c1-7-19-31(20-8-1)38(32-21-9-2-10-22-32,33-23-11-3-12-24-33)37-39(34-25-13-4-14-26-34,35-27-15-5-16-28-35)36-29-17-6-18-30-36;7-5-3-1-2-4-6(5)8;1-4(2,3)5;5*1-2;;/h1-30H;1-4,7-8H;5H,1-3H3;5*1H;;/q+1;;;5*-1;2*+3/p-3. The van der Waals surface area contributed by atoms with E-state index in [1.54, 1.807) is 0 Å². The Bertz CT molecular complexity index is 1980. The molecular weight excluding hydrogens is 976 g/mol. The van der Waals surface area contributed by atoms with Crippen molar-refractivity contribution in [1.82, 2.24) is 4.17 Å². The molecule has 0 bridgehead atoms. The van der Waals surface area contributed by atoms with E-state index in [-0.39, 0.29) is 38.9 Å². The molecule has 0 aromatic heterocycles. The third-order valence-corrected chi connectivity index (χ3v) is 17.2. The van der Waals surface area contributed by atoms with Crippen molar-refractivity contribution < 1.29 is 58.1 Å². The zero-order chi connectivity index (χ0) is 46.9. The molecule has 6 nitrogen and oxygen atoms in total. The van der Waals surface area contributed by atoms with Gasteiger partial charge in [0.05, 0.1) is 31.8 Å². The van der Waals surface area contributed by atoms with Crippen LogP contribution in [0.5, 0.6) is 0 Å². The summed E-state index contributed by atoms with van der Waals surface area (Å²) in [7, 11) is -4.99. The van der Waals surface area contributed by atoms with Crippen molar-refractivity contribution in [3.05, 3.63) is 206 Å². The Balaban J connectivity index is -0.00000125. The van der Waals surface area contributed by atoms with Crippen LogP contribution in [0.1, 0.15) is 20.8 Å². The molecule has 0 aliphatic rings. The Morgan fingerprint density at radius 3 is 0.578 bits per heavy atom. The number of carbonyl (C=O) groups excluding carboxylic acids is 5. The van der Waals surface area contributed by atoms with E-state index in [1.165, 1.54) is 31.8 Å². The quantitative estimate of drug-likeness (QED) is 0.0415. The maximum atomic E-state index is 7.75. The Morgan fingerprint density at radius 2 is 0.453 bits per heavy atom. The van der Waals surface area contributed by atoms with Crippen LogP contribution in [-0.2, 0) is 96.0 Å². The van der Waals surface area contributed by atoms with Gasteiger partial charge in [0, 0.05) is 0 Å². The van der Waals surface area contributed by atoms with Gasteiger partial charge >= 0.3 is 48.2 Å². The van der Waals surface area contributed by atoms with Gasteiger partial charge in [0.1, 0.15) is 0 Å². The van der Waals surface area contributed by atoms with Gasteiger partial charge in [-0.2, -0.15) is 14.5 Å². The largest absolute Gasteiger partial charge is 3.00 e. The number of hydrogen-bond acceptors (Lipinski definition) is 8. The van der Waals surface area contributed by atoms with Gasteiger partial charge in [-0.1, -0.05) is 154 Å². The number of benzene rings is 7. The first kappa shape index (κ1) is 63.6. The van der Waals surface area contributed by atoms with Gasteiger partial charge in [0.15, 0.2) is 0 Å². The van der Waals surface area contributed by atoms with E-state index in [0.29, 0.717) is 0 Å². The summed E-state index contributed by atoms with van der Waals surface area (Å²) < 4.78 is 6.47. The predicted octanol–water partition coefficient (Wildman–Crippen LogP) is 7.86. The Kier molecular flexibility index (Phi) is 36.4. The molecule has 7 rings (SSSR count). The van der Waals surface area contributed by atoms with Crippen LogP contribution in [0.15, 0.2) is 216 Å². The average molecular weight is 1020 g/mol. The molecule has 13 heteroatoms. The fourth-order valence-corrected chi connectivity index (χ4v) is 15.5.